The summed E-state index contributed by atoms with van der Waals surface area (Å²) in [6.45, 7) is 13.7. The topological polar surface area (TPSA) is 231 Å². The van der Waals surface area contributed by atoms with E-state index in [9.17, 15) is 34.3 Å². The zero-order chi connectivity index (χ0) is 61.1. The summed E-state index contributed by atoms with van der Waals surface area (Å²) in [7, 11) is 1.36. The maximum atomic E-state index is 16.2. The van der Waals surface area contributed by atoms with Crippen LogP contribution in [0.5, 0.6) is 5.75 Å². The van der Waals surface area contributed by atoms with E-state index >= 15 is 8.78 Å². The van der Waals surface area contributed by atoms with E-state index < -0.39 is 87.7 Å². The lowest BCUT2D eigenvalue weighted by atomic mass is 9.62. The number of methoxy groups -OCH3 is 1. The Morgan fingerprint density at radius 3 is 2.29 bits per heavy atom. The first-order valence-electron chi connectivity index (χ1n) is 27.7. The van der Waals surface area contributed by atoms with E-state index in [0.29, 0.717) is 6.42 Å². The molecule has 2 fully saturated rings. The van der Waals surface area contributed by atoms with E-state index in [1.807, 2.05) is 72.7 Å². The van der Waals surface area contributed by atoms with Crippen molar-refractivity contribution in [1.82, 2.24) is 25.8 Å². The van der Waals surface area contributed by atoms with Gasteiger partial charge in [-0.1, -0.05) is 107 Å². The lowest BCUT2D eigenvalue weighted by molar-refractivity contribution is -0.144. The molecule has 84 heavy (non-hydrogen) atoms. The average Bonchev–Trinajstić information content (AvgIpc) is 3.46. The van der Waals surface area contributed by atoms with E-state index in [0.717, 1.165) is 27.8 Å². The van der Waals surface area contributed by atoms with Crippen LogP contribution < -0.4 is 26.0 Å². The lowest BCUT2D eigenvalue weighted by Crippen LogP contribution is -2.57. The molecule has 0 aliphatic carbocycles. The quantitative estimate of drug-likeness (QED) is 0.0344. The largest absolute Gasteiger partial charge is 0.495 e. The number of likely N-dealkylation sites (tertiary alicyclic amines) is 1. The molecular weight excluding hydrogens is 1140 g/mol. The van der Waals surface area contributed by atoms with Gasteiger partial charge in [0.2, 0.25) is 17.7 Å². The Morgan fingerprint density at radius 2 is 1.64 bits per heavy atom. The van der Waals surface area contributed by atoms with Crippen molar-refractivity contribution in [1.29, 1.82) is 5.26 Å². The second-order valence-electron chi connectivity index (χ2n) is 23.3. The van der Waals surface area contributed by atoms with E-state index in [1.54, 1.807) is 16.8 Å². The minimum absolute atomic E-state index is 0.0199. The molecule has 0 radical (unpaired) electrons. The highest BCUT2D eigenvalue weighted by Crippen LogP contribution is 2.53. The zero-order valence-corrected chi connectivity index (χ0v) is 50.7. The first kappa shape index (κ1) is 65.1. The summed E-state index contributed by atoms with van der Waals surface area (Å²) >= 11 is 14.0. The summed E-state index contributed by atoms with van der Waals surface area (Å²) < 4.78 is 54.6. The number of ketones is 1. The van der Waals surface area contributed by atoms with Crippen molar-refractivity contribution in [3.63, 3.8) is 0 Å². The van der Waals surface area contributed by atoms with Gasteiger partial charge < -0.3 is 50.2 Å². The van der Waals surface area contributed by atoms with Gasteiger partial charge in [-0.05, 0) is 83.7 Å². The summed E-state index contributed by atoms with van der Waals surface area (Å²) in [5.74, 6) is -5.12. The lowest BCUT2D eigenvalue weighted by Gasteiger charge is -2.37. The van der Waals surface area contributed by atoms with Gasteiger partial charge in [0, 0.05) is 54.0 Å². The Balaban J connectivity index is 0.838. The Kier molecular flexibility index (Phi) is 22.2. The highest BCUT2D eigenvalue weighted by molar-refractivity contribution is 7.13. The number of hydrogen-bond donors (Lipinski definition) is 5. The number of aromatic nitrogens is 1. The molecule has 3 heterocycles. The molecule has 17 nitrogen and oxygen atoms in total. The highest BCUT2D eigenvalue weighted by Gasteiger charge is 2.61. The second-order valence-corrected chi connectivity index (χ2v) is 25.0. The van der Waals surface area contributed by atoms with Gasteiger partial charge in [-0.25, -0.2) is 13.8 Å². The van der Waals surface area contributed by atoms with Crippen molar-refractivity contribution in [2.45, 2.75) is 116 Å². The molecule has 2 aliphatic rings. The highest BCUT2D eigenvalue weighted by atomic mass is 35.5. The molecule has 4 amide bonds. The average molecular weight is 1220 g/mol. The van der Waals surface area contributed by atoms with Crippen LogP contribution in [-0.2, 0) is 45.2 Å². The number of aliphatic hydroxyl groups excluding tert-OH is 1. The van der Waals surface area contributed by atoms with Crippen molar-refractivity contribution in [2.75, 3.05) is 65.2 Å². The number of carbonyl (C=O) groups is 5. The predicted molar refractivity (Wildman–Crippen MR) is 317 cm³/mol. The van der Waals surface area contributed by atoms with Crippen molar-refractivity contribution in [3.05, 3.63) is 134 Å². The number of Topliss-reactive ketones (excluding diaryl/α,β-unsaturated/α-hetero) is 1. The molecular formula is C62H73Cl2F2N7O10S. The number of amides is 4. The van der Waals surface area contributed by atoms with Crippen LogP contribution in [0.3, 0.4) is 0 Å². The fourth-order valence-electron chi connectivity index (χ4n) is 10.9. The maximum Gasteiger partial charge on any atom is 0.251 e. The fraction of sp³-hybridized carbons (Fsp3) is 0.468. The van der Waals surface area contributed by atoms with E-state index in [4.69, 9.17) is 42.1 Å². The smallest absolute Gasteiger partial charge is 0.251 e. The minimum Gasteiger partial charge on any atom is -0.495 e. The summed E-state index contributed by atoms with van der Waals surface area (Å²) in [5.41, 5.74) is 2.01. The number of anilines is 1. The molecule has 450 valence electrons. The third-order valence-corrected chi connectivity index (χ3v) is 16.4. The number of aryl methyl sites for hydroxylation is 2. The maximum absolute atomic E-state index is 16.2. The number of carbonyl (C=O) groups excluding carboxylic acids is 5. The van der Waals surface area contributed by atoms with Crippen LogP contribution in [0, 0.1) is 40.7 Å². The molecule has 0 bridgehead atoms. The van der Waals surface area contributed by atoms with Crippen LogP contribution in [0.15, 0.2) is 84.4 Å². The molecule has 0 spiro atoms. The van der Waals surface area contributed by atoms with Crippen molar-refractivity contribution in [2.24, 2.45) is 10.8 Å². The SMILES string of the molecule is COc1cc(C(=O)NCCOCCOCCOCC(=O)N[C@H](C(=O)N2C[C@H](O)C[C@H]2C(=O)CCc2ccc(-c3scnc3C)cc2)C(C)(C)C)ccc1NC(=O)[C@H]1N[C@H](CC(C)(C)C)[C@@](C#N)(c2ccc(Cl)cc2F)[C@@H]1c1cccc(Cl)c1F. The molecule has 0 unspecified atom stereocenters. The number of nitriles is 1. The molecule has 7 atom stereocenters. The van der Waals surface area contributed by atoms with Crippen LogP contribution in [-0.4, -0.2) is 135 Å². The Labute approximate surface area is 503 Å². The first-order valence-corrected chi connectivity index (χ1v) is 29.4. The molecule has 5 aromatic rings. The summed E-state index contributed by atoms with van der Waals surface area (Å²) in [6, 6.07) is 18.9. The van der Waals surface area contributed by atoms with Crippen LogP contribution in [0.25, 0.3) is 10.4 Å². The van der Waals surface area contributed by atoms with Gasteiger partial charge in [-0.15, -0.1) is 11.3 Å². The van der Waals surface area contributed by atoms with Crippen LogP contribution in [0.1, 0.15) is 99.5 Å². The number of rotatable bonds is 25. The number of nitrogens with one attached hydrogen (secondary N) is 4. The van der Waals surface area contributed by atoms with Crippen molar-refractivity contribution < 1.29 is 56.8 Å². The number of ether oxygens (including phenoxy) is 4. The molecule has 1 aromatic heterocycles. The molecule has 0 saturated carbocycles. The predicted octanol–water partition coefficient (Wildman–Crippen LogP) is 9.15. The van der Waals surface area contributed by atoms with E-state index in [1.165, 1.54) is 60.5 Å². The zero-order valence-electron chi connectivity index (χ0n) is 48.4. The Hall–Kier alpha value is -6.41. The Morgan fingerprint density at radius 1 is 0.940 bits per heavy atom. The van der Waals surface area contributed by atoms with Gasteiger partial charge in [0.25, 0.3) is 5.91 Å². The van der Waals surface area contributed by atoms with Gasteiger partial charge in [0.1, 0.15) is 35.4 Å². The number of β-amino-alcohol motifs (C(OH)–C–C–N with tert-alkyl or cyclic N) is 1. The van der Waals surface area contributed by atoms with Gasteiger partial charge in [-0.2, -0.15) is 5.26 Å². The fourth-order valence-corrected chi connectivity index (χ4v) is 12.0. The standard InChI is InChI=1S/C62H73Cl2F2N7O10S/c1-36-55(84-35-69-36)38-15-12-37(13-16-38)14-21-48(75)47-30-41(74)32-73(47)59(79)56(61(5,6)7)72-51(76)33-83-27-26-82-25-24-81-23-22-68-57(77)39-17-20-46(49(28-39)80-8)70-58(78)54-52(42-10-9-11-44(64)53(42)66)62(34-67,50(71-54)31-60(2,3)4)43-19-18-40(63)29-45(43)65/h9-13,15-20,28-29,35,41,47,50,52,54,56,71,74H,14,21-27,30-33H2,1-8H3,(H,68,77)(H,70,78)(H,72,76)/t41-,47+,50-,52-,54+,56-,62-/m1/s1. The first-order chi connectivity index (χ1) is 39.9. The number of nitrogens with zero attached hydrogens (tertiary/aromatic N) is 3. The van der Waals surface area contributed by atoms with Gasteiger partial charge in [0.15, 0.2) is 5.78 Å². The third kappa shape index (κ3) is 15.9. The molecule has 4 aromatic carbocycles. The number of halogens is 4. The van der Waals surface area contributed by atoms with E-state index in [2.05, 4.69) is 32.3 Å². The summed E-state index contributed by atoms with van der Waals surface area (Å²) in [5, 5.41) is 33.3. The normalized spacial score (nSPS) is 20.0. The van der Waals surface area contributed by atoms with E-state index in [-0.39, 0.29) is 116 Å². The number of benzene rings is 4. The molecule has 2 aliphatic heterocycles. The minimum atomic E-state index is -1.84. The van der Waals surface area contributed by atoms with Gasteiger partial charge >= 0.3 is 0 Å². The third-order valence-electron chi connectivity index (χ3n) is 14.9. The van der Waals surface area contributed by atoms with Gasteiger partial charge in [-0.3, -0.25) is 24.0 Å². The van der Waals surface area contributed by atoms with Crippen LogP contribution >= 0.6 is 34.5 Å². The number of thiazole rings is 1. The molecule has 22 heteroatoms. The van der Waals surface area contributed by atoms with Crippen molar-refractivity contribution in [3.8, 4) is 22.3 Å². The summed E-state index contributed by atoms with van der Waals surface area (Å²) in [6.07, 6.45) is 0.174. The van der Waals surface area contributed by atoms with Gasteiger partial charge in [0.05, 0.1) is 91.2 Å². The second kappa shape index (κ2) is 28.7. The monoisotopic (exact) mass is 1220 g/mol. The van der Waals surface area contributed by atoms with Crippen LogP contribution in [0.4, 0.5) is 14.5 Å². The summed E-state index contributed by atoms with van der Waals surface area (Å²) in [4.78, 5) is 75.3. The Bertz CT molecular complexity index is 3200. The molecule has 7 rings (SSSR count). The van der Waals surface area contributed by atoms with Crippen molar-refractivity contribution >= 4 is 69.6 Å². The number of hydrogen-bond acceptors (Lipinski definition) is 14. The van der Waals surface area contributed by atoms with Crippen LogP contribution in [0.2, 0.25) is 10.0 Å². The molecule has 2 saturated heterocycles. The molecule has 5 N–H and O–H groups in total. The number of aliphatic hydroxyl groups is 1.